The minimum absolute atomic E-state index is 0.0147. The van der Waals surface area contributed by atoms with Crippen LogP contribution in [0.2, 0.25) is 0 Å². The Morgan fingerprint density at radius 2 is 1.89 bits per heavy atom. The molecule has 1 aromatic carbocycles. The van der Waals surface area contributed by atoms with E-state index in [1.807, 2.05) is 25.3 Å². The van der Waals surface area contributed by atoms with Crippen LogP contribution in [-0.2, 0) is 0 Å². The summed E-state index contributed by atoms with van der Waals surface area (Å²) in [5, 5.41) is 5.03. The Balaban J connectivity index is 2.17. The maximum atomic E-state index is 12.2. The van der Waals surface area contributed by atoms with Crippen molar-refractivity contribution in [1.29, 1.82) is 0 Å². The molecule has 1 amide bonds. The Hall–Kier alpha value is -1.61. The predicted octanol–water partition coefficient (Wildman–Crippen LogP) is 4.16. The Morgan fingerprint density at radius 3 is 2.53 bits per heavy atom. The standard InChI is InChI=1S/C16H19NOS/c1-10-5-6-11(2)14(9-10)13(4)17-16(18)15-12(3)7-8-19-15/h5-9,13H,1-4H3,(H,17,18)/t13-/m1/s1. The zero-order valence-electron chi connectivity index (χ0n) is 11.8. The predicted molar refractivity (Wildman–Crippen MR) is 80.9 cm³/mol. The molecule has 0 saturated carbocycles. The normalized spacial score (nSPS) is 12.2. The zero-order valence-corrected chi connectivity index (χ0v) is 12.6. The van der Waals surface area contributed by atoms with E-state index in [0.29, 0.717) is 0 Å². The molecular formula is C16H19NOS. The summed E-state index contributed by atoms with van der Waals surface area (Å²) in [6.45, 7) is 8.14. The smallest absolute Gasteiger partial charge is 0.262 e. The number of hydrogen-bond acceptors (Lipinski definition) is 2. The van der Waals surface area contributed by atoms with Crippen molar-refractivity contribution in [3.05, 3.63) is 56.8 Å². The number of thiophene rings is 1. The second-order valence-corrected chi connectivity index (χ2v) is 5.90. The number of benzene rings is 1. The summed E-state index contributed by atoms with van der Waals surface area (Å²) in [6, 6.07) is 8.33. The molecule has 0 bridgehead atoms. The van der Waals surface area contributed by atoms with Gasteiger partial charge in [0.05, 0.1) is 10.9 Å². The topological polar surface area (TPSA) is 29.1 Å². The molecule has 2 aromatic rings. The molecule has 100 valence electrons. The quantitative estimate of drug-likeness (QED) is 0.893. The number of nitrogens with one attached hydrogen (secondary N) is 1. The van der Waals surface area contributed by atoms with Gasteiger partial charge in [0.2, 0.25) is 0 Å². The van der Waals surface area contributed by atoms with Crippen molar-refractivity contribution in [3.63, 3.8) is 0 Å². The van der Waals surface area contributed by atoms with Crippen molar-refractivity contribution >= 4 is 17.2 Å². The number of hydrogen-bond donors (Lipinski definition) is 1. The first-order chi connectivity index (χ1) is 8.99. The summed E-state index contributed by atoms with van der Waals surface area (Å²) in [6.07, 6.45) is 0. The number of carbonyl (C=O) groups excluding carboxylic acids is 1. The summed E-state index contributed by atoms with van der Waals surface area (Å²) in [4.78, 5) is 13.0. The van der Waals surface area contributed by atoms with Crippen molar-refractivity contribution in [1.82, 2.24) is 5.32 Å². The van der Waals surface area contributed by atoms with Gasteiger partial charge >= 0.3 is 0 Å². The molecule has 0 spiro atoms. The van der Waals surface area contributed by atoms with Gasteiger partial charge in [0, 0.05) is 0 Å². The molecule has 0 fully saturated rings. The molecule has 3 heteroatoms. The summed E-state index contributed by atoms with van der Waals surface area (Å²) in [7, 11) is 0. The number of carbonyl (C=O) groups is 1. The second-order valence-electron chi connectivity index (χ2n) is 4.99. The second kappa shape index (κ2) is 5.57. The molecular weight excluding hydrogens is 254 g/mol. The van der Waals surface area contributed by atoms with Crippen molar-refractivity contribution in [2.75, 3.05) is 0 Å². The summed E-state index contributed by atoms with van der Waals surface area (Å²) in [5.74, 6) is 0.0147. The van der Waals surface area contributed by atoms with Crippen LogP contribution in [0.3, 0.4) is 0 Å². The van der Waals surface area contributed by atoms with Gasteiger partial charge < -0.3 is 5.32 Å². The molecule has 19 heavy (non-hydrogen) atoms. The van der Waals surface area contributed by atoms with E-state index in [9.17, 15) is 4.79 Å². The first kappa shape index (κ1) is 13.8. The molecule has 0 radical (unpaired) electrons. The fourth-order valence-corrected chi connectivity index (χ4v) is 3.00. The Kier molecular flexibility index (Phi) is 4.05. The van der Waals surface area contributed by atoms with Gasteiger partial charge in [-0.25, -0.2) is 0 Å². The van der Waals surface area contributed by atoms with Crippen LogP contribution in [0.4, 0.5) is 0 Å². The molecule has 1 N–H and O–H groups in total. The highest BCUT2D eigenvalue weighted by Crippen LogP contribution is 2.21. The fraction of sp³-hybridized carbons (Fsp3) is 0.312. The Morgan fingerprint density at radius 1 is 1.16 bits per heavy atom. The molecule has 0 aliphatic heterocycles. The van der Waals surface area contributed by atoms with Crippen LogP contribution in [0, 0.1) is 20.8 Å². The Bertz CT molecular complexity index is 601. The third kappa shape index (κ3) is 3.04. The van der Waals surface area contributed by atoms with Crippen LogP contribution in [0.25, 0.3) is 0 Å². The van der Waals surface area contributed by atoms with Crippen molar-refractivity contribution in [2.24, 2.45) is 0 Å². The van der Waals surface area contributed by atoms with E-state index in [0.717, 1.165) is 10.4 Å². The fourth-order valence-electron chi connectivity index (χ4n) is 2.17. The zero-order chi connectivity index (χ0) is 14.0. The minimum Gasteiger partial charge on any atom is -0.345 e. The highest BCUT2D eigenvalue weighted by Gasteiger charge is 2.15. The third-order valence-corrected chi connectivity index (χ3v) is 4.33. The molecule has 1 atom stereocenters. The number of rotatable bonds is 3. The van der Waals surface area contributed by atoms with Crippen LogP contribution < -0.4 is 5.32 Å². The van der Waals surface area contributed by atoms with Crippen molar-refractivity contribution < 1.29 is 4.79 Å². The molecule has 0 aliphatic carbocycles. The van der Waals surface area contributed by atoms with E-state index in [2.05, 4.69) is 37.4 Å². The van der Waals surface area contributed by atoms with E-state index in [1.54, 1.807) is 0 Å². The van der Waals surface area contributed by atoms with Gasteiger partial charge in [-0.1, -0.05) is 23.8 Å². The minimum atomic E-state index is 0.0147. The first-order valence-corrected chi connectivity index (χ1v) is 7.29. The van der Waals surface area contributed by atoms with E-state index in [4.69, 9.17) is 0 Å². The van der Waals surface area contributed by atoms with Crippen molar-refractivity contribution in [3.8, 4) is 0 Å². The molecule has 0 unspecified atom stereocenters. The largest absolute Gasteiger partial charge is 0.345 e. The van der Waals surface area contributed by atoms with E-state index in [1.165, 1.54) is 28.0 Å². The lowest BCUT2D eigenvalue weighted by molar-refractivity contribution is 0.0943. The van der Waals surface area contributed by atoms with Gasteiger partial charge in [0.15, 0.2) is 0 Å². The average molecular weight is 273 g/mol. The van der Waals surface area contributed by atoms with Gasteiger partial charge in [-0.2, -0.15) is 0 Å². The highest BCUT2D eigenvalue weighted by molar-refractivity contribution is 7.12. The van der Waals surface area contributed by atoms with Gasteiger partial charge in [-0.05, 0) is 55.8 Å². The SMILES string of the molecule is Cc1ccc(C)c([C@@H](C)NC(=O)c2sccc2C)c1. The maximum absolute atomic E-state index is 12.2. The third-order valence-electron chi connectivity index (χ3n) is 3.32. The molecule has 2 nitrogen and oxygen atoms in total. The van der Waals surface area contributed by atoms with Crippen LogP contribution in [-0.4, -0.2) is 5.91 Å². The molecule has 1 aromatic heterocycles. The lowest BCUT2D eigenvalue weighted by Crippen LogP contribution is -2.26. The van der Waals surface area contributed by atoms with Crippen LogP contribution in [0.1, 0.15) is 44.9 Å². The highest BCUT2D eigenvalue weighted by atomic mass is 32.1. The Labute approximate surface area is 118 Å². The number of aryl methyl sites for hydroxylation is 3. The summed E-state index contributed by atoms with van der Waals surface area (Å²) in [5.41, 5.74) is 4.65. The lowest BCUT2D eigenvalue weighted by atomic mass is 10.00. The van der Waals surface area contributed by atoms with Crippen LogP contribution >= 0.6 is 11.3 Å². The van der Waals surface area contributed by atoms with Gasteiger partial charge in [-0.15, -0.1) is 11.3 Å². The van der Waals surface area contributed by atoms with Crippen LogP contribution in [0.15, 0.2) is 29.6 Å². The molecule has 1 heterocycles. The molecule has 0 saturated heterocycles. The van der Waals surface area contributed by atoms with E-state index >= 15 is 0 Å². The molecule has 0 aliphatic rings. The lowest BCUT2D eigenvalue weighted by Gasteiger charge is -2.17. The van der Waals surface area contributed by atoms with Crippen LogP contribution in [0.5, 0.6) is 0 Å². The summed E-state index contributed by atoms with van der Waals surface area (Å²) < 4.78 is 0. The van der Waals surface area contributed by atoms with E-state index < -0.39 is 0 Å². The van der Waals surface area contributed by atoms with Gasteiger partial charge in [0.1, 0.15) is 0 Å². The first-order valence-electron chi connectivity index (χ1n) is 6.41. The van der Waals surface area contributed by atoms with Gasteiger partial charge in [-0.3, -0.25) is 4.79 Å². The maximum Gasteiger partial charge on any atom is 0.262 e. The summed E-state index contributed by atoms with van der Waals surface area (Å²) >= 11 is 1.49. The number of amides is 1. The average Bonchev–Trinajstić information content (AvgIpc) is 2.78. The van der Waals surface area contributed by atoms with E-state index in [-0.39, 0.29) is 11.9 Å². The van der Waals surface area contributed by atoms with Gasteiger partial charge in [0.25, 0.3) is 5.91 Å². The monoisotopic (exact) mass is 273 g/mol. The molecule has 2 rings (SSSR count). The van der Waals surface area contributed by atoms with Crippen molar-refractivity contribution in [2.45, 2.75) is 33.7 Å².